The van der Waals surface area contributed by atoms with Gasteiger partial charge < -0.3 is 5.32 Å². The molecule has 0 atom stereocenters. The predicted octanol–water partition coefficient (Wildman–Crippen LogP) is 1.24. The number of urea groups is 1. The lowest BCUT2D eigenvalue weighted by Crippen LogP contribution is -2.51. The number of hydrogen-bond donors (Lipinski definition) is 2. The van der Waals surface area contributed by atoms with Crippen LogP contribution < -0.4 is 10.0 Å². The molecule has 2 saturated heterocycles. The number of imide groups is 1. The number of carbonyl (C=O) groups is 2. The minimum absolute atomic E-state index is 0.0629. The number of carbonyl (C=O) groups excluding carboxylic acids is 2. The highest BCUT2D eigenvalue weighted by Crippen LogP contribution is 2.36. The van der Waals surface area contributed by atoms with Crippen LogP contribution in [0.4, 0.5) is 4.79 Å². The van der Waals surface area contributed by atoms with Crippen molar-refractivity contribution in [1.29, 1.82) is 0 Å². The first-order valence-electron chi connectivity index (χ1n) is 10.1. The van der Waals surface area contributed by atoms with E-state index in [2.05, 4.69) is 21.9 Å². The highest BCUT2D eigenvalue weighted by atomic mass is 32.2. The fraction of sp³-hybridized carbons (Fsp3) is 0.889. The first kappa shape index (κ1) is 20.5. The van der Waals surface area contributed by atoms with Crippen molar-refractivity contribution in [2.24, 2.45) is 5.92 Å². The van der Waals surface area contributed by atoms with E-state index >= 15 is 0 Å². The number of piperidine rings is 1. The summed E-state index contributed by atoms with van der Waals surface area (Å²) in [5.41, 5.74) is -0.697. The molecule has 9 heteroatoms. The van der Waals surface area contributed by atoms with E-state index in [1.54, 1.807) is 0 Å². The summed E-state index contributed by atoms with van der Waals surface area (Å²) >= 11 is 0. The summed E-state index contributed by atoms with van der Waals surface area (Å²) < 4.78 is 26.6. The van der Waals surface area contributed by atoms with E-state index in [9.17, 15) is 18.0 Å². The topological polar surface area (TPSA) is 98.8 Å². The average Bonchev–Trinajstić information content (AvgIpc) is 2.83. The normalized spacial score (nSPS) is 30.9. The molecular formula is C18H32N4O4S. The minimum atomic E-state index is -3.21. The van der Waals surface area contributed by atoms with Gasteiger partial charge in [0.1, 0.15) is 5.54 Å². The summed E-state index contributed by atoms with van der Waals surface area (Å²) in [6, 6.07) is -0.354. The summed E-state index contributed by atoms with van der Waals surface area (Å²) in [4.78, 5) is 28.7. The molecule has 1 aliphatic carbocycles. The van der Waals surface area contributed by atoms with Gasteiger partial charge in [0.25, 0.3) is 5.91 Å². The van der Waals surface area contributed by atoms with Gasteiger partial charge in [-0.1, -0.05) is 13.8 Å². The zero-order chi connectivity index (χ0) is 19.7. The summed E-state index contributed by atoms with van der Waals surface area (Å²) in [5, 5.41) is 2.95. The van der Waals surface area contributed by atoms with Crippen molar-refractivity contribution >= 4 is 22.0 Å². The Morgan fingerprint density at radius 1 is 1.15 bits per heavy atom. The molecule has 0 aromatic heterocycles. The lowest BCUT2D eigenvalue weighted by Gasteiger charge is -2.35. The van der Waals surface area contributed by atoms with Gasteiger partial charge in [0.15, 0.2) is 0 Å². The molecule has 0 aromatic carbocycles. The Balaban J connectivity index is 1.52. The molecule has 2 aliphatic heterocycles. The third kappa shape index (κ3) is 4.63. The number of rotatable bonds is 6. The highest BCUT2D eigenvalue weighted by molar-refractivity contribution is 7.89. The molecule has 8 nitrogen and oxygen atoms in total. The van der Waals surface area contributed by atoms with Gasteiger partial charge in [-0.3, -0.25) is 9.69 Å². The Bertz CT molecular complexity index is 665. The minimum Gasteiger partial charge on any atom is -0.323 e. The van der Waals surface area contributed by atoms with Gasteiger partial charge in [0, 0.05) is 19.1 Å². The van der Waals surface area contributed by atoms with Gasteiger partial charge in [-0.05, 0) is 50.9 Å². The maximum atomic E-state index is 12.9. The SMILES string of the molecule is CCCS(=O)(=O)NC1CCN(CN2C(=O)NC3(CCC(C)CC3)C2=O)CC1. The predicted molar refractivity (Wildman–Crippen MR) is 102 cm³/mol. The molecule has 154 valence electrons. The number of nitrogens with one attached hydrogen (secondary N) is 2. The van der Waals surface area contributed by atoms with Crippen LogP contribution in [0.3, 0.4) is 0 Å². The molecule has 1 saturated carbocycles. The van der Waals surface area contributed by atoms with Crippen LogP contribution in [0.1, 0.15) is 58.8 Å². The molecule has 2 heterocycles. The molecule has 3 fully saturated rings. The van der Waals surface area contributed by atoms with Crippen molar-refractivity contribution in [2.75, 3.05) is 25.5 Å². The lowest BCUT2D eigenvalue weighted by atomic mass is 9.77. The van der Waals surface area contributed by atoms with E-state index in [1.807, 2.05) is 6.92 Å². The third-order valence-corrected chi connectivity index (χ3v) is 7.76. The molecule has 0 aromatic rings. The number of nitrogens with zero attached hydrogens (tertiary/aromatic N) is 2. The summed E-state index contributed by atoms with van der Waals surface area (Å²) in [6.07, 6.45) is 5.34. The molecule has 3 rings (SSSR count). The highest BCUT2D eigenvalue weighted by Gasteiger charge is 2.52. The van der Waals surface area contributed by atoms with E-state index in [4.69, 9.17) is 0 Å². The lowest BCUT2D eigenvalue weighted by molar-refractivity contribution is -0.134. The number of sulfonamides is 1. The smallest absolute Gasteiger partial charge is 0.323 e. The quantitative estimate of drug-likeness (QED) is 0.654. The maximum Gasteiger partial charge on any atom is 0.326 e. The molecular weight excluding hydrogens is 368 g/mol. The Morgan fingerprint density at radius 2 is 1.78 bits per heavy atom. The van der Waals surface area contributed by atoms with Crippen LogP contribution in [0.5, 0.6) is 0 Å². The second kappa shape index (κ2) is 8.05. The van der Waals surface area contributed by atoms with Gasteiger partial charge in [0.05, 0.1) is 12.4 Å². The maximum absolute atomic E-state index is 12.9. The fourth-order valence-corrected chi connectivity index (χ4v) is 5.77. The van der Waals surface area contributed by atoms with Crippen LogP contribution in [0.25, 0.3) is 0 Å². The molecule has 3 amide bonds. The standard InChI is InChI=1S/C18H32N4O4S/c1-3-12-27(25,26)20-15-6-10-21(11-7-15)13-22-16(23)18(19-17(22)24)8-4-14(2)5-9-18/h14-15,20H,3-13H2,1-2H3,(H,19,24). The second-order valence-electron chi connectivity index (χ2n) is 8.40. The van der Waals surface area contributed by atoms with Crippen LogP contribution in [0, 0.1) is 5.92 Å². The fourth-order valence-electron chi connectivity index (χ4n) is 4.37. The largest absolute Gasteiger partial charge is 0.326 e. The summed E-state index contributed by atoms with van der Waals surface area (Å²) in [6.45, 7) is 5.65. The summed E-state index contributed by atoms with van der Waals surface area (Å²) in [5.74, 6) is 0.658. The molecule has 2 N–H and O–H groups in total. The molecule has 0 radical (unpaired) electrons. The Morgan fingerprint density at radius 3 is 2.37 bits per heavy atom. The zero-order valence-electron chi connectivity index (χ0n) is 16.4. The zero-order valence-corrected chi connectivity index (χ0v) is 17.2. The summed E-state index contributed by atoms with van der Waals surface area (Å²) in [7, 11) is -3.21. The van der Waals surface area contributed by atoms with Gasteiger partial charge >= 0.3 is 6.03 Å². The van der Waals surface area contributed by atoms with Crippen LogP contribution >= 0.6 is 0 Å². The first-order valence-corrected chi connectivity index (χ1v) is 11.8. The Labute approximate surface area is 162 Å². The molecule has 0 unspecified atom stereocenters. The first-order chi connectivity index (χ1) is 12.7. The number of likely N-dealkylation sites (tertiary alicyclic amines) is 1. The van der Waals surface area contributed by atoms with Crippen LogP contribution in [0.2, 0.25) is 0 Å². The molecule has 1 spiro atoms. The monoisotopic (exact) mass is 400 g/mol. The van der Waals surface area contributed by atoms with E-state index in [-0.39, 0.29) is 30.4 Å². The van der Waals surface area contributed by atoms with Gasteiger partial charge in [-0.25, -0.2) is 22.8 Å². The average molecular weight is 401 g/mol. The van der Waals surface area contributed by atoms with E-state index in [0.717, 1.165) is 25.7 Å². The molecule has 27 heavy (non-hydrogen) atoms. The van der Waals surface area contributed by atoms with Crippen molar-refractivity contribution in [1.82, 2.24) is 19.8 Å². The van der Waals surface area contributed by atoms with Gasteiger partial charge in [-0.15, -0.1) is 0 Å². The molecule has 3 aliphatic rings. The van der Waals surface area contributed by atoms with Crippen LogP contribution in [0.15, 0.2) is 0 Å². The van der Waals surface area contributed by atoms with E-state index in [1.165, 1.54) is 4.90 Å². The van der Waals surface area contributed by atoms with Crippen molar-refractivity contribution in [3.8, 4) is 0 Å². The van der Waals surface area contributed by atoms with E-state index < -0.39 is 15.6 Å². The van der Waals surface area contributed by atoms with Crippen molar-refractivity contribution < 1.29 is 18.0 Å². The third-order valence-electron chi connectivity index (χ3n) is 6.12. The van der Waals surface area contributed by atoms with Crippen molar-refractivity contribution in [2.45, 2.75) is 70.4 Å². The number of amides is 3. The van der Waals surface area contributed by atoms with Crippen molar-refractivity contribution in [3.05, 3.63) is 0 Å². The van der Waals surface area contributed by atoms with Crippen LogP contribution in [-0.2, 0) is 14.8 Å². The van der Waals surface area contributed by atoms with Gasteiger partial charge in [-0.2, -0.15) is 0 Å². The van der Waals surface area contributed by atoms with Gasteiger partial charge in [0.2, 0.25) is 10.0 Å². The van der Waals surface area contributed by atoms with Crippen LogP contribution in [-0.4, -0.2) is 67.2 Å². The Hall–Kier alpha value is -1.19. The molecule has 0 bridgehead atoms. The Kier molecular flexibility index (Phi) is 6.12. The van der Waals surface area contributed by atoms with E-state index in [0.29, 0.717) is 38.3 Å². The second-order valence-corrected chi connectivity index (χ2v) is 10.3. The van der Waals surface area contributed by atoms with Crippen molar-refractivity contribution in [3.63, 3.8) is 0 Å². The number of hydrogen-bond acceptors (Lipinski definition) is 5.